The van der Waals surface area contributed by atoms with Crippen LogP contribution in [0.1, 0.15) is 75.7 Å². The number of imidazole rings is 1. The Kier molecular flexibility index (Phi) is 7.48. The summed E-state index contributed by atoms with van der Waals surface area (Å²) in [4.78, 5) is 17.1. The zero-order valence-corrected chi connectivity index (χ0v) is 22.5. The van der Waals surface area contributed by atoms with E-state index in [1.165, 1.54) is 11.3 Å². The fraction of sp³-hybridized carbons (Fsp3) is 0.846. The molecule has 8 atom stereocenters. The number of H-pyrrole nitrogens is 1. The summed E-state index contributed by atoms with van der Waals surface area (Å²) in [5.41, 5.74) is 4.17. The van der Waals surface area contributed by atoms with E-state index in [9.17, 15) is 25.2 Å². The van der Waals surface area contributed by atoms with Gasteiger partial charge in [-0.3, -0.25) is 9.80 Å². The molecule has 37 heavy (non-hydrogen) atoms. The van der Waals surface area contributed by atoms with Gasteiger partial charge in [0, 0.05) is 19.5 Å². The maximum absolute atomic E-state index is 10.9. The van der Waals surface area contributed by atoms with Gasteiger partial charge in [-0.1, -0.05) is 19.1 Å². The van der Waals surface area contributed by atoms with E-state index in [2.05, 4.69) is 34.2 Å². The number of fused-ring (bicyclic) bond motifs is 2. The Morgan fingerprint density at radius 1 is 1.16 bits per heavy atom. The molecule has 4 saturated carbocycles. The molecule has 1 amide bonds. The molecule has 4 aliphatic carbocycles. The first kappa shape index (κ1) is 27.9. The van der Waals surface area contributed by atoms with Crippen molar-refractivity contribution < 1.29 is 25.2 Å². The molecule has 208 valence electrons. The number of carbonyl (C=O) groups excluding carboxylic acids is 1. The summed E-state index contributed by atoms with van der Waals surface area (Å²) >= 11 is 0. The molecule has 1 spiro atoms. The van der Waals surface area contributed by atoms with Crippen molar-refractivity contribution >= 4 is 11.7 Å². The molecule has 1 aromatic heterocycles. The topological polar surface area (TPSA) is 181 Å². The van der Waals surface area contributed by atoms with E-state index >= 15 is 0 Å². The van der Waals surface area contributed by atoms with E-state index in [1.807, 2.05) is 0 Å². The van der Waals surface area contributed by atoms with Gasteiger partial charge in [0.05, 0.1) is 31.2 Å². The molecule has 0 radical (unpaired) electrons. The molecule has 0 saturated heterocycles. The highest BCUT2D eigenvalue weighted by atomic mass is 16.3. The van der Waals surface area contributed by atoms with Crippen LogP contribution < -0.4 is 5.73 Å². The highest BCUT2D eigenvalue weighted by Gasteiger charge is 2.70. The summed E-state index contributed by atoms with van der Waals surface area (Å²) in [5, 5.41) is 50.2. The van der Waals surface area contributed by atoms with Crippen LogP contribution in [0.25, 0.3) is 0 Å². The maximum atomic E-state index is 10.9. The molecular formula is C26H44N6O5. The second-order valence-corrected chi connectivity index (χ2v) is 12.5. The van der Waals surface area contributed by atoms with Gasteiger partial charge >= 0.3 is 0 Å². The fourth-order valence-corrected chi connectivity index (χ4v) is 8.61. The average molecular weight is 521 g/mol. The predicted molar refractivity (Wildman–Crippen MR) is 136 cm³/mol. The number of carbonyl (C=O) groups is 1. The first-order valence-corrected chi connectivity index (χ1v) is 13.4. The van der Waals surface area contributed by atoms with Gasteiger partial charge in [0.1, 0.15) is 0 Å². The van der Waals surface area contributed by atoms with Gasteiger partial charge in [0.15, 0.2) is 11.5 Å². The Morgan fingerprint density at radius 2 is 1.89 bits per heavy atom. The van der Waals surface area contributed by atoms with Crippen molar-refractivity contribution in [2.75, 3.05) is 27.3 Å². The number of rotatable bonds is 5. The van der Waals surface area contributed by atoms with Crippen LogP contribution in [0.5, 0.6) is 0 Å². The van der Waals surface area contributed by atoms with Crippen LogP contribution in [0.3, 0.4) is 0 Å². The van der Waals surface area contributed by atoms with Crippen LogP contribution in [0.4, 0.5) is 5.82 Å². The molecule has 2 bridgehead atoms. The van der Waals surface area contributed by atoms with Crippen molar-refractivity contribution in [1.82, 2.24) is 15.0 Å². The molecule has 7 N–H and O–H groups in total. The molecule has 11 nitrogen and oxygen atoms in total. The van der Waals surface area contributed by atoms with Crippen LogP contribution in [-0.4, -0.2) is 80.3 Å². The second kappa shape index (κ2) is 9.91. The molecular weight excluding hydrogens is 476 g/mol. The summed E-state index contributed by atoms with van der Waals surface area (Å²) in [6, 6.07) is 0. The Morgan fingerprint density at radius 3 is 2.51 bits per heavy atom. The SMILES string of the molecule is CN(C)/N=N/c1[nH]cnc1C(N)=O.C[C@@]1(CO)[C@H](O)CC[C@@]2(C)[C@H]1CC[C@H]1C[C@@H]3C[C@@]12CC[C@]3(O)CO. The van der Waals surface area contributed by atoms with E-state index in [4.69, 9.17) is 5.73 Å². The van der Waals surface area contributed by atoms with Crippen molar-refractivity contribution in [2.24, 2.45) is 50.1 Å². The number of hydrogen-bond donors (Lipinski definition) is 6. The number of nitrogens with two attached hydrogens (primary N) is 1. The highest BCUT2D eigenvalue weighted by Crippen LogP contribution is 2.75. The lowest BCUT2D eigenvalue weighted by Crippen LogP contribution is -2.63. The van der Waals surface area contributed by atoms with Crippen LogP contribution in [0.2, 0.25) is 0 Å². The lowest BCUT2D eigenvalue weighted by Gasteiger charge is -2.66. The van der Waals surface area contributed by atoms with E-state index in [0.717, 1.165) is 44.9 Å². The lowest BCUT2D eigenvalue weighted by molar-refractivity contribution is -0.216. The molecule has 4 aliphatic rings. The molecule has 0 aliphatic heterocycles. The number of nitrogens with one attached hydrogen (secondary N) is 1. The zero-order valence-electron chi connectivity index (χ0n) is 22.5. The minimum Gasteiger partial charge on any atom is -0.396 e. The summed E-state index contributed by atoms with van der Waals surface area (Å²) in [6.07, 6.45) is 8.66. The van der Waals surface area contributed by atoms with Gasteiger partial charge in [-0.15, -0.1) is 5.11 Å². The Hall–Kier alpha value is -2.08. The van der Waals surface area contributed by atoms with Gasteiger partial charge in [0.25, 0.3) is 5.91 Å². The number of aromatic amines is 1. The van der Waals surface area contributed by atoms with E-state index in [0.29, 0.717) is 18.3 Å². The highest BCUT2D eigenvalue weighted by molar-refractivity contribution is 5.94. The van der Waals surface area contributed by atoms with Crippen LogP contribution in [0, 0.1) is 34.0 Å². The van der Waals surface area contributed by atoms with E-state index < -0.39 is 23.0 Å². The summed E-state index contributed by atoms with van der Waals surface area (Å²) in [6.45, 7) is 4.43. The minimum atomic E-state index is -0.886. The molecule has 1 aromatic rings. The number of aromatic nitrogens is 2. The molecule has 4 fully saturated rings. The van der Waals surface area contributed by atoms with Crippen molar-refractivity contribution in [3.05, 3.63) is 12.0 Å². The van der Waals surface area contributed by atoms with Crippen molar-refractivity contribution in [1.29, 1.82) is 0 Å². The Labute approximate surface area is 218 Å². The van der Waals surface area contributed by atoms with Crippen molar-refractivity contribution in [3.63, 3.8) is 0 Å². The van der Waals surface area contributed by atoms with Gasteiger partial charge in [-0.2, -0.15) is 0 Å². The van der Waals surface area contributed by atoms with Crippen molar-refractivity contribution in [3.8, 4) is 0 Å². The van der Waals surface area contributed by atoms with E-state index in [1.54, 1.807) is 14.1 Å². The number of hydrogen-bond acceptors (Lipinski definition) is 8. The van der Waals surface area contributed by atoms with Crippen LogP contribution in [-0.2, 0) is 0 Å². The first-order chi connectivity index (χ1) is 17.4. The van der Waals surface area contributed by atoms with Crippen molar-refractivity contribution in [2.45, 2.75) is 76.9 Å². The molecule has 0 unspecified atom stereocenters. The molecule has 5 rings (SSSR count). The Balaban J connectivity index is 0.000000209. The standard InChI is InChI=1S/C20H34O4.C6H10N6O/c1-17(11-21)15-4-3-13-9-14-10-19(13,7-8-20(14,24)12-22)18(15,2)6-5-16(17)23;1-12(2)11-10-6-4(5(7)13)8-3-9-6/h13-16,21-24H,3-12H2,1-2H3;3H,1-2H3,(H2,7,13)(H,8,9)/b;11-10+/t13-,14+,15-,16+,17-,18-,19-,20-;/m0./s1. The number of primary amides is 1. The number of aliphatic hydroxyl groups is 4. The summed E-state index contributed by atoms with van der Waals surface area (Å²) in [7, 11) is 3.42. The normalized spacial score (nSPS) is 42.5. The Bertz CT molecular complexity index is 1020. The van der Waals surface area contributed by atoms with Crippen LogP contribution in [0.15, 0.2) is 16.7 Å². The predicted octanol–water partition coefficient (Wildman–Crippen LogP) is 2.15. The summed E-state index contributed by atoms with van der Waals surface area (Å²) < 4.78 is 0. The van der Waals surface area contributed by atoms with Gasteiger partial charge < -0.3 is 31.1 Å². The third kappa shape index (κ3) is 4.37. The van der Waals surface area contributed by atoms with Gasteiger partial charge in [-0.25, -0.2) is 4.98 Å². The first-order valence-electron chi connectivity index (χ1n) is 13.4. The lowest BCUT2D eigenvalue weighted by atomic mass is 9.39. The molecule has 1 heterocycles. The monoisotopic (exact) mass is 520 g/mol. The molecule has 0 aromatic carbocycles. The zero-order chi connectivity index (χ0) is 27.2. The quantitative estimate of drug-likeness (QED) is 0.254. The maximum Gasteiger partial charge on any atom is 0.271 e. The smallest absolute Gasteiger partial charge is 0.271 e. The number of aliphatic hydroxyl groups excluding tert-OH is 3. The third-order valence-electron chi connectivity index (χ3n) is 10.7. The third-order valence-corrected chi connectivity index (χ3v) is 10.7. The minimum absolute atomic E-state index is 0.0547. The van der Waals surface area contributed by atoms with Gasteiger partial charge in [0.2, 0.25) is 0 Å². The summed E-state index contributed by atoms with van der Waals surface area (Å²) in [5.74, 6) is 0.816. The second-order valence-electron chi connectivity index (χ2n) is 12.5. The largest absolute Gasteiger partial charge is 0.396 e. The van der Waals surface area contributed by atoms with E-state index in [-0.39, 0.29) is 41.5 Å². The fourth-order valence-electron chi connectivity index (χ4n) is 8.61. The molecule has 11 heteroatoms. The van der Waals surface area contributed by atoms with Gasteiger partial charge in [-0.05, 0) is 80.0 Å². The number of nitrogens with zero attached hydrogens (tertiary/aromatic N) is 4. The van der Waals surface area contributed by atoms with Crippen LogP contribution >= 0.6 is 0 Å². The average Bonchev–Trinajstić information content (AvgIpc) is 3.48. The number of amides is 1.